The number of nitrogens with one attached hydrogen (secondary N) is 2. The van der Waals surface area contributed by atoms with Crippen LogP contribution >= 0.6 is 31.9 Å². The summed E-state index contributed by atoms with van der Waals surface area (Å²) in [6.07, 6.45) is 0. The number of halogens is 2. The van der Waals surface area contributed by atoms with Crippen LogP contribution < -0.4 is 10.6 Å². The molecule has 21 heavy (non-hydrogen) atoms. The number of rotatable bonds is 3. The highest BCUT2D eigenvalue weighted by molar-refractivity contribution is 9.11. The first-order chi connectivity index (χ1) is 9.88. The van der Waals surface area contributed by atoms with E-state index in [9.17, 15) is 9.59 Å². The van der Waals surface area contributed by atoms with Crippen molar-refractivity contribution in [1.82, 2.24) is 5.32 Å². The van der Waals surface area contributed by atoms with Crippen molar-refractivity contribution in [3.63, 3.8) is 0 Å². The molecular weight excluding hydrogens is 408 g/mol. The summed E-state index contributed by atoms with van der Waals surface area (Å²) in [6, 6.07) is 2.74. The van der Waals surface area contributed by atoms with Crippen molar-refractivity contribution in [1.29, 1.82) is 0 Å². The first-order valence-electron chi connectivity index (χ1n) is 6.22. The maximum atomic E-state index is 12.0. The molecule has 2 atom stereocenters. The van der Waals surface area contributed by atoms with Gasteiger partial charge in [-0.3, -0.25) is 4.79 Å². The monoisotopic (exact) mass is 420 g/mol. The van der Waals surface area contributed by atoms with Crippen LogP contribution in [0.2, 0.25) is 0 Å². The second kappa shape index (κ2) is 6.76. The van der Waals surface area contributed by atoms with Gasteiger partial charge in [-0.2, -0.15) is 0 Å². The summed E-state index contributed by atoms with van der Waals surface area (Å²) in [6.45, 7) is 2.24. The maximum Gasteiger partial charge on any atom is 0.319 e. The Kier molecular flexibility index (Phi) is 5.23. The van der Waals surface area contributed by atoms with Crippen molar-refractivity contribution in [2.75, 3.05) is 18.5 Å². The van der Waals surface area contributed by atoms with Gasteiger partial charge in [-0.15, -0.1) is 0 Å². The molecule has 0 aliphatic carbocycles. The fourth-order valence-corrected chi connectivity index (χ4v) is 3.69. The molecule has 0 spiro atoms. The lowest BCUT2D eigenvalue weighted by atomic mass is 10.0. The summed E-state index contributed by atoms with van der Waals surface area (Å²) in [5.74, 6) is -1.70. The minimum absolute atomic E-state index is 0.109. The van der Waals surface area contributed by atoms with Crippen LogP contribution in [0.1, 0.15) is 5.56 Å². The Labute approximate surface area is 138 Å². The van der Waals surface area contributed by atoms with Crippen LogP contribution in [-0.2, 0) is 9.53 Å². The van der Waals surface area contributed by atoms with Gasteiger partial charge >= 0.3 is 12.0 Å². The summed E-state index contributed by atoms with van der Waals surface area (Å²) in [5.41, 5.74) is 1.62. The van der Waals surface area contributed by atoms with Crippen molar-refractivity contribution in [2.45, 2.75) is 13.0 Å². The number of aryl methyl sites for hydroxylation is 1. The number of carbonyl (C=O) groups is 2. The molecule has 1 saturated heterocycles. The summed E-state index contributed by atoms with van der Waals surface area (Å²) in [4.78, 5) is 23.0. The summed E-state index contributed by atoms with van der Waals surface area (Å²) in [5, 5.41) is 14.4. The number of urea groups is 1. The number of ether oxygens (including phenoxy) is 1. The Hall–Kier alpha value is -1.12. The van der Waals surface area contributed by atoms with Gasteiger partial charge in [0, 0.05) is 8.95 Å². The van der Waals surface area contributed by atoms with Crippen LogP contribution in [0.15, 0.2) is 21.1 Å². The van der Waals surface area contributed by atoms with E-state index in [2.05, 4.69) is 42.5 Å². The number of carbonyl (C=O) groups excluding carboxylic acids is 1. The Bertz CT molecular complexity index is 556. The lowest BCUT2D eigenvalue weighted by Crippen LogP contribution is -2.44. The number of benzene rings is 1. The van der Waals surface area contributed by atoms with Crippen LogP contribution in [0.4, 0.5) is 10.5 Å². The lowest BCUT2D eigenvalue weighted by Gasteiger charge is -2.17. The number of hydrogen-bond donors (Lipinski definition) is 3. The standard InChI is InChI=1S/C13H14Br2N2O4/c1-6-2-8(14)11(9(15)3-6)17-13(20)16-10-5-21-4-7(10)12(18)19/h2-3,7,10H,4-5H2,1H3,(H,18,19)(H2,16,17,20). The second-order valence-electron chi connectivity index (χ2n) is 4.79. The molecule has 1 aliphatic heterocycles. The fourth-order valence-electron chi connectivity index (χ4n) is 2.08. The average Bonchev–Trinajstić information content (AvgIpc) is 2.82. The highest BCUT2D eigenvalue weighted by atomic mass is 79.9. The molecule has 2 amide bonds. The molecule has 2 unspecified atom stereocenters. The van der Waals surface area contributed by atoms with E-state index in [-0.39, 0.29) is 13.2 Å². The van der Waals surface area contributed by atoms with E-state index < -0.39 is 24.0 Å². The zero-order chi connectivity index (χ0) is 15.6. The van der Waals surface area contributed by atoms with E-state index in [4.69, 9.17) is 9.84 Å². The first kappa shape index (κ1) is 16.3. The Balaban J connectivity index is 2.04. The van der Waals surface area contributed by atoms with Gasteiger partial charge in [-0.1, -0.05) is 0 Å². The quantitative estimate of drug-likeness (QED) is 0.700. The third-order valence-corrected chi connectivity index (χ3v) is 4.39. The number of amides is 2. The third-order valence-electron chi connectivity index (χ3n) is 3.14. The Morgan fingerprint density at radius 3 is 2.48 bits per heavy atom. The SMILES string of the molecule is Cc1cc(Br)c(NC(=O)NC2COCC2C(=O)O)c(Br)c1. The molecule has 1 aromatic carbocycles. The molecular formula is C13H14Br2N2O4. The number of aliphatic carboxylic acids is 1. The van der Waals surface area contributed by atoms with Crippen LogP contribution in [0.25, 0.3) is 0 Å². The van der Waals surface area contributed by atoms with E-state index in [1.807, 2.05) is 19.1 Å². The largest absolute Gasteiger partial charge is 0.481 e. The molecule has 8 heteroatoms. The van der Waals surface area contributed by atoms with Gasteiger partial charge in [0.25, 0.3) is 0 Å². The maximum absolute atomic E-state index is 12.0. The van der Waals surface area contributed by atoms with Crippen molar-refractivity contribution >= 4 is 49.5 Å². The Morgan fingerprint density at radius 1 is 1.29 bits per heavy atom. The van der Waals surface area contributed by atoms with Gasteiger partial charge < -0.3 is 20.5 Å². The third kappa shape index (κ3) is 3.96. The number of hydrogen-bond acceptors (Lipinski definition) is 3. The predicted octanol–water partition coefficient (Wildman–Crippen LogP) is 2.74. The molecule has 0 aromatic heterocycles. The molecule has 0 bridgehead atoms. The first-order valence-corrected chi connectivity index (χ1v) is 7.81. The highest BCUT2D eigenvalue weighted by Crippen LogP contribution is 2.32. The minimum atomic E-state index is -0.976. The van der Waals surface area contributed by atoms with Crippen molar-refractivity contribution < 1.29 is 19.4 Å². The molecule has 2 rings (SSSR count). The van der Waals surface area contributed by atoms with Crippen molar-refractivity contribution in [3.8, 4) is 0 Å². The van der Waals surface area contributed by atoms with Gasteiger partial charge in [-0.05, 0) is 56.5 Å². The van der Waals surface area contributed by atoms with E-state index in [1.54, 1.807) is 0 Å². The number of carboxylic acid groups (broad SMARTS) is 1. The zero-order valence-electron chi connectivity index (χ0n) is 11.2. The molecule has 1 aliphatic rings. The topological polar surface area (TPSA) is 87.7 Å². The molecule has 6 nitrogen and oxygen atoms in total. The summed E-state index contributed by atoms with van der Waals surface area (Å²) in [7, 11) is 0. The van der Waals surface area contributed by atoms with Crippen LogP contribution in [0.3, 0.4) is 0 Å². The number of carboxylic acids is 1. The van der Waals surface area contributed by atoms with Gasteiger partial charge in [-0.25, -0.2) is 4.79 Å². The molecule has 114 valence electrons. The average molecular weight is 422 g/mol. The van der Waals surface area contributed by atoms with Crippen LogP contribution in [-0.4, -0.2) is 36.4 Å². The normalized spacial score (nSPS) is 21.1. The van der Waals surface area contributed by atoms with Crippen molar-refractivity contribution in [2.24, 2.45) is 5.92 Å². The van der Waals surface area contributed by atoms with E-state index in [1.165, 1.54) is 0 Å². The van der Waals surface area contributed by atoms with Gasteiger partial charge in [0.1, 0.15) is 5.92 Å². The number of anilines is 1. The van der Waals surface area contributed by atoms with E-state index in [0.717, 1.165) is 14.5 Å². The van der Waals surface area contributed by atoms with E-state index >= 15 is 0 Å². The van der Waals surface area contributed by atoms with Crippen LogP contribution in [0, 0.1) is 12.8 Å². The molecule has 1 aromatic rings. The highest BCUT2D eigenvalue weighted by Gasteiger charge is 2.35. The fraction of sp³-hybridized carbons (Fsp3) is 0.385. The van der Waals surface area contributed by atoms with Gasteiger partial charge in [0.15, 0.2) is 0 Å². The van der Waals surface area contributed by atoms with Gasteiger partial charge in [0.2, 0.25) is 0 Å². The molecule has 0 radical (unpaired) electrons. The summed E-state index contributed by atoms with van der Waals surface area (Å²) >= 11 is 6.77. The molecule has 1 fully saturated rings. The lowest BCUT2D eigenvalue weighted by molar-refractivity contribution is -0.142. The predicted molar refractivity (Wildman–Crippen MR) is 84.5 cm³/mol. The zero-order valence-corrected chi connectivity index (χ0v) is 14.3. The molecule has 1 heterocycles. The van der Waals surface area contributed by atoms with Crippen LogP contribution in [0.5, 0.6) is 0 Å². The summed E-state index contributed by atoms with van der Waals surface area (Å²) < 4.78 is 6.58. The molecule has 3 N–H and O–H groups in total. The minimum Gasteiger partial charge on any atom is -0.481 e. The Morgan fingerprint density at radius 2 is 1.90 bits per heavy atom. The van der Waals surface area contributed by atoms with Crippen molar-refractivity contribution in [3.05, 3.63) is 26.6 Å². The van der Waals surface area contributed by atoms with E-state index in [0.29, 0.717) is 5.69 Å². The smallest absolute Gasteiger partial charge is 0.319 e. The molecule has 0 saturated carbocycles. The second-order valence-corrected chi connectivity index (χ2v) is 6.50. The van der Waals surface area contributed by atoms with Gasteiger partial charge in [0.05, 0.1) is 24.9 Å².